The molecule has 1 N–H and O–H groups in total. The Morgan fingerprint density at radius 1 is 1.35 bits per heavy atom. The number of hydrogen-bond donors (Lipinski definition) is 1. The lowest BCUT2D eigenvalue weighted by Gasteiger charge is -2.22. The maximum absolute atomic E-state index is 3.66. The summed E-state index contributed by atoms with van der Waals surface area (Å²) in [5, 5.41) is 3.66. The first kappa shape index (κ1) is 12.6. The van der Waals surface area contributed by atoms with Gasteiger partial charge in [-0.3, -0.25) is 0 Å². The molecule has 1 aromatic carbocycles. The molecule has 2 atom stereocenters. The van der Waals surface area contributed by atoms with Crippen LogP contribution < -0.4 is 5.32 Å². The highest BCUT2D eigenvalue weighted by molar-refractivity contribution is 5.15. The van der Waals surface area contributed by atoms with Crippen LogP contribution >= 0.6 is 0 Å². The first-order valence-electron chi connectivity index (χ1n) is 6.73. The molecule has 0 amide bonds. The number of benzene rings is 1. The molecule has 1 aliphatic heterocycles. The molecule has 2 heteroatoms. The Balaban J connectivity index is 1.72. The van der Waals surface area contributed by atoms with Crippen LogP contribution in [-0.4, -0.2) is 37.1 Å². The van der Waals surface area contributed by atoms with E-state index in [1.54, 1.807) is 0 Å². The van der Waals surface area contributed by atoms with Crippen LogP contribution in [0.2, 0.25) is 0 Å². The zero-order chi connectivity index (χ0) is 12.1. The van der Waals surface area contributed by atoms with Crippen molar-refractivity contribution in [3.05, 3.63) is 35.9 Å². The molecule has 0 spiro atoms. The highest BCUT2D eigenvalue weighted by Gasteiger charge is 2.20. The van der Waals surface area contributed by atoms with Crippen LogP contribution in [0, 0.1) is 0 Å². The van der Waals surface area contributed by atoms with E-state index >= 15 is 0 Å². The van der Waals surface area contributed by atoms with Crippen molar-refractivity contribution in [2.75, 3.05) is 20.1 Å². The molecule has 1 heterocycles. The Hall–Kier alpha value is -0.860. The molecule has 1 saturated heterocycles. The third-order valence-corrected chi connectivity index (χ3v) is 3.76. The zero-order valence-corrected chi connectivity index (χ0v) is 11.0. The summed E-state index contributed by atoms with van der Waals surface area (Å²) in [4.78, 5) is 2.47. The van der Waals surface area contributed by atoms with Crippen molar-refractivity contribution in [1.29, 1.82) is 0 Å². The van der Waals surface area contributed by atoms with Gasteiger partial charge < -0.3 is 10.2 Å². The highest BCUT2D eigenvalue weighted by atomic mass is 15.2. The van der Waals surface area contributed by atoms with Gasteiger partial charge in [0.25, 0.3) is 0 Å². The molecule has 0 saturated carbocycles. The van der Waals surface area contributed by atoms with Gasteiger partial charge in [0.15, 0.2) is 0 Å². The second-order valence-corrected chi connectivity index (χ2v) is 5.28. The van der Waals surface area contributed by atoms with Gasteiger partial charge in [0.1, 0.15) is 0 Å². The van der Waals surface area contributed by atoms with Crippen LogP contribution in [0.4, 0.5) is 0 Å². The van der Waals surface area contributed by atoms with Gasteiger partial charge in [-0.2, -0.15) is 0 Å². The Morgan fingerprint density at radius 2 is 2.12 bits per heavy atom. The van der Waals surface area contributed by atoms with Crippen LogP contribution in [0.25, 0.3) is 0 Å². The molecule has 94 valence electrons. The largest absolute Gasteiger partial charge is 0.312 e. The topological polar surface area (TPSA) is 15.3 Å². The summed E-state index contributed by atoms with van der Waals surface area (Å²) >= 11 is 0. The Bertz CT molecular complexity index is 323. The fraction of sp³-hybridized carbons (Fsp3) is 0.600. The average molecular weight is 232 g/mol. The second kappa shape index (κ2) is 6.18. The fourth-order valence-corrected chi connectivity index (χ4v) is 2.61. The smallest absolute Gasteiger partial charge is 0.0218 e. The summed E-state index contributed by atoms with van der Waals surface area (Å²) in [5.41, 5.74) is 1.42. The Morgan fingerprint density at radius 3 is 2.76 bits per heavy atom. The molecule has 1 aliphatic rings. The van der Waals surface area contributed by atoms with Crippen LogP contribution in [0.15, 0.2) is 30.3 Å². The maximum atomic E-state index is 3.66. The van der Waals surface area contributed by atoms with Crippen molar-refractivity contribution < 1.29 is 0 Å². The highest BCUT2D eigenvalue weighted by Crippen LogP contribution is 2.14. The summed E-state index contributed by atoms with van der Waals surface area (Å²) in [5.74, 6) is 0. The summed E-state index contributed by atoms with van der Waals surface area (Å²) in [6.45, 7) is 4.67. The van der Waals surface area contributed by atoms with Gasteiger partial charge in [0.05, 0.1) is 0 Å². The minimum absolute atomic E-state index is 0.561. The van der Waals surface area contributed by atoms with Crippen LogP contribution in [0.1, 0.15) is 25.3 Å². The lowest BCUT2D eigenvalue weighted by Crippen LogP contribution is -2.39. The van der Waals surface area contributed by atoms with Gasteiger partial charge in [-0.25, -0.2) is 0 Å². The molecule has 1 fully saturated rings. The summed E-state index contributed by atoms with van der Waals surface area (Å²) < 4.78 is 0. The molecule has 0 bridgehead atoms. The number of likely N-dealkylation sites (N-methyl/N-ethyl adjacent to an activating group) is 1. The van der Waals surface area contributed by atoms with E-state index in [0.717, 1.165) is 19.0 Å². The van der Waals surface area contributed by atoms with Crippen molar-refractivity contribution in [1.82, 2.24) is 10.2 Å². The van der Waals surface area contributed by atoms with E-state index in [4.69, 9.17) is 0 Å². The third-order valence-electron chi connectivity index (χ3n) is 3.76. The molecule has 1 aromatic rings. The summed E-state index contributed by atoms with van der Waals surface area (Å²) in [6, 6.07) is 12.0. The fourth-order valence-electron chi connectivity index (χ4n) is 2.61. The van der Waals surface area contributed by atoms with Crippen molar-refractivity contribution in [2.45, 2.75) is 38.3 Å². The minimum atomic E-state index is 0.561. The Labute approximate surface area is 105 Å². The predicted octanol–water partition coefficient (Wildman–Crippen LogP) is 2.30. The Kier molecular flexibility index (Phi) is 4.57. The summed E-state index contributed by atoms with van der Waals surface area (Å²) in [7, 11) is 2.24. The lowest BCUT2D eigenvalue weighted by atomic mass is 10.1. The standard InChI is InChI=1S/C15H24N2/c1-13(11-14-7-4-3-5-8-14)16-12-15-9-6-10-17(15)2/h3-5,7-8,13,15-16H,6,9-12H2,1-2H3. The van der Waals surface area contributed by atoms with E-state index in [1.165, 1.54) is 24.9 Å². The van der Waals surface area contributed by atoms with Crippen LogP contribution in [-0.2, 0) is 6.42 Å². The monoisotopic (exact) mass is 232 g/mol. The quantitative estimate of drug-likeness (QED) is 0.838. The van der Waals surface area contributed by atoms with Gasteiger partial charge in [-0.15, -0.1) is 0 Å². The van der Waals surface area contributed by atoms with Gasteiger partial charge in [-0.05, 0) is 45.3 Å². The van der Waals surface area contributed by atoms with Gasteiger partial charge in [0.2, 0.25) is 0 Å². The van der Waals surface area contributed by atoms with E-state index in [2.05, 4.69) is 54.5 Å². The van der Waals surface area contributed by atoms with Crippen molar-refractivity contribution >= 4 is 0 Å². The average Bonchev–Trinajstić information content (AvgIpc) is 2.74. The number of likely N-dealkylation sites (tertiary alicyclic amines) is 1. The molecular formula is C15H24N2. The molecular weight excluding hydrogens is 208 g/mol. The van der Waals surface area contributed by atoms with Gasteiger partial charge in [-0.1, -0.05) is 30.3 Å². The van der Waals surface area contributed by atoms with Crippen molar-refractivity contribution in [3.63, 3.8) is 0 Å². The van der Waals surface area contributed by atoms with Crippen molar-refractivity contribution in [2.24, 2.45) is 0 Å². The number of hydrogen-bond acceptors (Lipinski definition) is 2. The first-order valence-corrected chi connectivity index (χ1v) is 6.73. The number of rotatable bonds is 5. The number of nitrogens with one attached hydrogen (secondary N) is 1. The molecule has 2 rings (SSSR count). The van der Waals surface area contributed by atoms with Crippen LogP contribution in [0.3, 0.4) is 0 Å². The first-order chi connectivity index (χ1) is 8.25. The normalized spacial score (nSPS) is 22.8. The van der Waals surface area contributed by atoms with Crippen LogP contribution in [0.5, 0.6) is 0 Å². The van der Waals surface area contributed by atoms with Crippen molar-refractivity contribution in [3.8, 4) is 0 Å². The molecule has 0 aromatic heterocycles. The molecule has 0 aliphatic carbocycles. The van der Waals surface area contributed by atoms with E-state index < -0.39 is 0 Å². The predicted molar refractivity (Wildman–Crippen MR) is 73.3 cm³/mol. The SMILES string of the molecule is CC(Cc1ccccc1)NCC1CCCN1C. The number of nitrogens with zero attached hydrogens (tertiary/aromatic N) is 1. The van der Waals surface area contributed by atoms with E-state index in [0.29, 0.717) is 6.04 Å². The van der Waals surface area contributed by atoms with Gasteiger partial charge in [0, 0.05) is 18.6 Å². The van der Waals surface area contributed by atoms with E-state index in [9.17, 15) is 0 Å². The van der Waals surface area contributed by atoms with E-state index in [1.807, 2.05) is 0 Å². The molecule has 17 heavy (non-hydrogen) atoms. The second-order valence-electron chi connectivity index (χ2n) is 5.28. The molecule has 0 radical (unpaired) electrons. The maximum Gasteiger partial charge on any atom is 0.0218 e. The molecule has 2 unspecified atom stereocenters. The lowest BCUT2D eigenvalue weighted by molar-refractivity contribution is 0.293. The van der Waals surface area contributed by atoms with E-state index in [-0.39, 0.29) is 0 Å². The molecule has 2 nitrogen and oxygen atoms in total. The third kappa shape index (κ3) is 3.83. The summed E-state index contributed by atoms with van der Waals surface area (Å²) in [6.07, 6.45) is 3.83. The van der Waals surface area contributed by atoms with Gasteiger partial charge >= 0.3 is 0 Å². The zero-order valence-electron chi connectivity index (χ0n) is 11.0. The minimum Gasteiger partial charge on any atom is -0.312 e.